The molecule has 5 rings (SSSR count). The van der Waals surface area contributed by atoms with Crippen LogP contribution in [0, 0.1) is 0 Å². The normalized spacial score (nSPS) is 14.2. The molecule has 0 aliphatic carbocycles. The lowest BCUT2D eigenvalue weighted by Gasteiger charge is -2.14. The number of amides is 2. The van der Waals surface area contributed by atoms with E-state index in [9.17, 15) is 14.4 Å². The molecule has 2 amide bonds. The third-order valence-electron chi connectivity index (χ3n) is 5.95. The van der Waals surface area contributed by atoms with Gasteiger partial charge in [-0.25, -0.2) is 4.79 Å². The highest BCUT2D eigenvalue weighted by Gasteiger charge is 2.35. The van der Waals surface area contributed by atoms with Crippen LogP contribution >= 0.6 is 27.7 Å². The van der Waals surface area contributed by atoms with Crippen LogP contribution < -0.4 is 14.2 Å². The number of rotatable bonds is 8. The number of hydrogen-bond donors (Lipinski definition) is 0. The van der Waals surface area contributed by atoms with Gasteiger partial charge in [0.25, 0.3) is 11.1 Å². The number of ether oxygens (including phenoxy) is 3. The minimum Gasteiger partial charge on any atom is -0.493 e. The largest absolute Gasteiger partial charge is 0.493 e. The molecular weight excluding hydrogens is 582 g/mol. The quantitative estimate of drug-likeness (QED) is 0.122. The second kappa shape index (κ2) is 11.8. The molecule has 4 aromatic rings. The Morgan fingerprint density at radius 2 is 1.72 bits per heavy atom. The highest BCUT2D eigenvalue weighted by atomic mass is 79.9. The standard InChI is InChI=1S/C30H22BrNO6S/c1-36-25-17-19(18-26-28(33)32(30(35)39-26)14-15-37-21-10-3-2-4-11-21)16-24(31)27(25)38-29(34)23-13-7-9-20-8-5-6-12-22(20)23/h2-13,16-18H,14-15H2,1H3/b26-18-. The van der Waals surface area contributed by atoms with E-state index in [1.54, 1.807) is 30.3 Å². The van der Waals surface area contributed by atoms with Crippen LogP contribution in [0.25, 0.3) is 16.8 Å². The first-order valence-electron chi connectivity index (χ1n) is 12.0. The third kappa shape index (κ3) is 5.84. The number of benzene rings is 4. The van der Waals surface area contributed by atoms with Crippen molar-refractivity contribution in [1.29, 1.82) is 0 Å². The Balaban J connectivity index is 1.32. The lowest BCUT2D eigenvalue weighted by molar-refractivity contribution is -0.123. The topological polar surface area (TPSA) is 82.1 Å². The molecule has 1 aliphatic heterocycles. The molecule has 4 aromatic carbocycles. The van der Waals surface area contributed by atoms with Crippen LogP contribution in [0.2, 0.25) is 0 Å². The molecule has 0 N–H and O–H groups in total. The Morgan fingerprint density at radius 3 is 2.51 bits per heavy atom. The number of methoxy groups -OCH3 is 1. The van der Waals surface area contributed by atoms with Crippen LogP contribution in [-0.2, 0) is 4.79 Å². The van der Waals surface area contributed by atoms with Gasteiger partial charge in [0.05, 0.1) is 28.6 Å². The average molecular weight is 604 g/mol. The molecule has 0 aromatic heterocycles. The first-order valence-corrected chi connectivity index (χ1v) is 13.6. The van der Waals surface area contributed by atoms with Gasteiger partial charge in [0, 0.05) is 0 Å². The zero-order chi connectivity index (χ0) is 27.4. The predicted molar refractivity (Wildman–Crippen MR) is 154 cm³/mol. The van der Waals surface area contributed by atoms with Gasteiger partial charge in [-0.1, -0.05) is 54.6 Å². The van der Waals surface area contributed by atoms with Gasteiger partial charge in [-0.15, -0.1) is 0 Å². The zero-order valence-electron chi connectivity index (χ0n) is 20.8. The third-order valence-corrected chi connectivity index (χ3v) is 7.45. The molecule has 0 bridgehead atoms. The average Bonchev–Trinajstić information content (AvgIpc) is 3.21. The summed E-state index contributed by atoms with van der Waals surface area (Å²) in [6, 6.07) is 25.5. The van der Waals surface area contributed by atoms with Crippen molar-refractivity contribution >= 4 is 61.7 Å². The van der Waals surface area contributed by atoms with E-state index in [1.165, 1.54) is 7.11 Å². The first-order chi connectivity index (χ1) is 18.9. The minimum atomic E-state index is -0.530. The SMILES string of the molecule is COc1cc(/C=C2\SC(=O)N(CCOc3ccccc3)C2=O)cc(Br)c1OC(=O)c1cccc2ccccc12. The minimum absolute atomic E-state index is 0.132. The highest BCUT2D eigenvalue weighted by Crippen LogP contribution is 2.39. The molecule has 1 aliphatic rings. The van der Waals surface area contributed by atoms with Crippen molar-refractivity contribution in [3.05, 3.63) is 105 Å². The lowest BCUT2D eigenvalue weighted by atomic mass is 10.0. The van der Waals surface area contributed by atoms with E-state index in [0.29, 0.717) is 27.1 Å². The van der Waals surface area contributed by atoms with Gasteiger partial charge in [0.2, 0.25) is 0 Å². The zero-order valence-corrected chi connectivity index (χ0v) is 23.2. The van der Waals surface area contributed by atoms with Crippen molar-refractivity contribution in [3.63, 3.8) is 0 Å². The number of esters is 1. The van der Waals surface area contributed by atoms with E-state index < -0.39 is 11.9 Å². The second-order valence-electron chi connectivity index (χ2n) is 8.45. The Hall–Kier alpha value is -4.08. The fourth-order valence-corrected chi connectivity index (χ4v) is 5.49. The number of imide groups is 1. The monoisotopic (exact) mass is 603 g/mol. The summed E-state index contributed by atoms with van der Waals surface area (Å²) < 4.78 is 17.3. The van der Waals surface area contributed by atoms with Crippen molar-refractivity contribution < 1.29 is 28.6 Å². The molecule has 0 atom stereocenters. The van der Waals surface area contributed by atoms with Crippen molar-refractivity contribution in [2.45, 2.75) is 0 Å². The maximum atomic E-state index is 13.1. The second-order valence-corrected chi connectivity index (χ2v) is 10.3. The van der Waals surface area contributed by atoms with Crippen molar-refractivity contribution in [2.24, 2.45) is 0 Å². The molecule has 9 heteroatoms. The van der Waals surface area contributed by atoms with Crippen LogP contribution in [0.1, 0.15) is 15.9 Å². The lowest BCUT2D eigenvalue weighted by Crippen LogP contribution is -2.32. The smallest absolute Gasteiger partial charge is 0.344 e. The summed E-state index contributed by atoms with van der Waals surface area (Å²) >= 11 is 4.32. The van der Waals surface area contributed by atoms with E-state index in [1.807, 2.05) is 60.7 Å². The van der Waals surface area contributed by atoms with Crippen LogP contribution in [0.5, 0.6) is 17.2 Å². The summed E-state index contributed by atoms with van der Waals surface area (Å²) in [6.45, 7) is 0.318. The summed E-state index contributed by atoms with van der Waals surface area (Å²) in [4.78, 5) is 40.0. The highest BCUT2D eigenvalue weighted by molar-refractivity contribution is 9.10. The number of carbonyl (C=O) groups is 3. The number of carbonyl (C=O) groups excluding carboxylic acids is 3. The molecule has 0 saturated carbocycles. The van der Waals surface area contributed by atoms with Gasteiger partial charge in [-0.05, 0) is 80.4 Å². The fourth-order valence-electron chi connectivity index (χ4n) is 4.09. The van der Waals surface area contributed by atoms with Crippen LogP contribution in [0.15, 0.2) is 94.3 Å². The Bertz CT molecular complexity index is 1600. The van der Waals surface area contributed by atoms with Gasteiger partial charge in [0.1, 0.15) is 12.4 Å². The Labute approximate surface area is 237 Å². The molecule has 0 unspecified atom stereocenters. The summed E-state index contributed by atoms with van der Waals surface area (Å²) in [5.41, 5.74) is 1.02. The van der Waals surface area contributed by atoms with Crippen LogP contribution in [0.3, 0.4) is 0 Å². The van der Waals surface area contributed by atoms with Crippen molar-refractivity contribution in [1.82, 2.24) is 4.90 Å². The first kappa shape index (κ1) is 26.5. The molecule has 1 fully saturated rings. The molecule has 7 nitrogen and oxygen atoms in total. The molecule has 196 valence electrons. The van der Waals surface area contributed by atoms with E-state index in [2.05, 4.69) is 15.9 Å². The van der Waals surface area contributed by atoms with Crippen LogP contribution in [0.4, 0.5) is 4.79 Å². The molecule has 0 spiro atoms. The summed E-state index contributed by atoms with van der Waals surface area (Å²) in [7, 11) is 1.46. The van der Waals surface area contributed by atoms with E-state index in [-0.39, 0.29) is 29.0 Å². The molecule has 1 saturated heterocycles. The number of fused-ring (bicyclic) bond motifs is 1. The number of para-hydroxylation sites is 1. The van der Waals surface area contributed by atoms with Gasteiger partial charge >= 0.3 is 5.97 Å². The molecule has 39 heavy (non-hydrogen) atoms. The fraction of sp³-hybridized carbons (Fsp3) is 0.100. The summed E-state index contributed by atoms with van der Waals surface area (Å²) in [5.74, 6) is 0.234. The van der Waals surface area contributed by atoms with Gasteiger partial charge < -0.3 is 14.2 Å². The maximum Gasteiger partial charge on any atom is 0.344 e. The van der Waals surface area contributed by atoms with E-state index in [4.69, 9.17) is 14.2 Å². The van der Waals surface area contributed by atoms with Crippen LogP contribution in [-0.4, -0.2) is 42.3 Å². The van der Waals surface area contributed by atoms with Gasteiger partial charge in [0.15, 0.2) is 11.5 Å². The summed E-state index contributed by atoms with van der Waals surface area (Å²) in [5, 5.41) is 1.34. The predicted octanol–water partition coefficient (Wildman–Crippen LogP) is 6.95. The van der Waals surface area contributed by atoms with Crippen molar-refractivity contribution in [2.75, 3.05) is 20.3 Å². The van der Waals surface area contributed by atoms with Gasteiger partial charge in [-0.2, -0.15) is 0 Å². The number of nitrogens with zero attached hydrogens (tertiary/aromatic N) is 1. The maximum absolute atomic E-state index is 13.1. The molecular formula is C30H22BrNO6S. The van der Waals surface area contributed by atoms with Gasteiger partial charge in [-0.3, -0.25) is 14.5 Å². The summed E-state index contributed by atoms with van der Waals surface area (Å²) in [6.07, 6.45) is 1.60. The van der Waals surface area contributed by atoms with E-state index >= 15 is 0 Å². The Kier molecular flexibility index (Phi) is 7.99. The molecule has 1 heterocycles. The number of thioether (sulfide) groups is 1. The van der Waals surface area contributed by atoms with E-state index in [0.717, 1.165) is 27.4 Å². The number of halogens is 1. The molecule has 0 radical (unpaired) electrons. The number of hydrogen-bond acceptors (Lipinski definition) is 7. The Morgan fingerprint density at radius 1 is 0.974 bits per heavy atom. The van der Waals surface area contributed by atoms with Crippen molar-refractivity contribution in [3.8, 4) is 17.2 Å².